The highest BCUT2D eigenvalue weighted by atomic mass is 32.2. The fraction of sp³-hybridized carbons (Fsp3) is 0.400. The highest BCUT2D eigenvalue weighted by molar-refractivity contribution is 8.00. The maximum absolute atomic E-state index is 11.7. The van der Waals surface area contributed by atoms with Crippen molar-refractivity contribution < 1.29 is 4.79 Å². The largest absolute Gasteiger partial charge is 0.372 e. The number of hydrogen-bond acceptors (Lipinski definition) is 3. The van der Waals surface area contributed by atoms with Crippen molar-refractivity contribution in [2.24, 2.45) is 0 Å². The van der Waals surface area contributed by atoms with Crippen molar-refractivity contribution in [2.45, 2.75) is 12.8 Å². The van der Waals surface area contributed by atoms with Gasteiger partial charge in [0, 0.05) is 30.2 Å². The van der Waals surface area contributed by atoms with Gasteiger partial charge in [0.1, 0.15) is 0 Å². The first kappa shape index (κ1) is 14.0. The van der Waals surface area contributed by atoms with Crippen LogP contribution in [0.15, 0.2) is 36.9 Å². The number of nitrogens with one attached hydrogen (secondary N) is 1. The van der Waals surface area contributed by atoms with Crippen molar-refractivity contribution in [2.75, 3.05) is 34.8 Å². The van der Waals surface area contributed by atoms with Gasteiger partial charge in [0.15, 0.2) is 0 Å². The third-order valence-electron chi connectivity index (χ3n) is 3.09. The number of carbonyl (C=O) groups is 1. The van der Waals surface area contributed by atoms with Crippen molar-refractivity contribution in [1.29, 1.82) is 0 Å². The molecule has 0 radical (unpaired) electrons. The van der Waals surface area contributed by atoms with E-state index in [0.717, 1.165) is 24.5 Å². The molecule has 0 aromatic heterocycles. The van der Waals surface area contributed by atoms with Gasteiger partial charge < -0.3 is 10.2 Å². The molecule has 1 aromatic rings. The Balaban J connectivity index is 1.84. The molecule has 1 N–H and O–H groups in total. The lowest BCUT2D eigenvalue weighted by Crippen LogP contribution is -2.18. The van der Waals surface area contributed by atoms with E-state index in [-0.39, 0.29) is 5.91 Å². The Morgan fingerprint density at radius 2 is 2.00 bits per heavy atom. The van der Waals surface area contributed by atoms with Gasteiger partial charge in [-0.25, -0.2) is 0 Å². The number of benzene rings is 1. The Bertz CT molecular complexity index is 424. The molecule has 1 aliphatic heterocycles. The first-order valence-corrected chi connectivity index (χ1v) is 7.78. The van der Waals surface area contributed by atoms with Crippen molar-refractivity contribution in [1.82, 2.24) is 0 Å². The molecular weight excluding hydrogens is 256 g/mol. The monoisotopic (exact) mass is 276 g/mol. The van der Waals surface area contributed by atoms with E-state index in [9.17, 15) is 4.79 Å². The molecule has 1 aromatic carbocycles. The zero-order chi connectivity index (χ0) is 13.5. The molecule has 102 valence electrons. The van der Waals surface area contributed by atoms with E-state index in [1.165, 1.54) is 18.5 Å². The predicted octanol–water partition coefficient (Wildman–Crippen LogP) is 3.14. The van der Waals surface area contributed by atoms with Crippen molar-refractivity contribution in [3.63, 3.8) is 0 Å². The second-order valence-corrected chi connectivity index (χ2v) is 5.62. The third-order valence-corrected chi connectivity index (χ3v) is 4.03. The molecule has 0 bridgehead atoms. The summed E-state index contributed by atoms with van der Waals surface area (Å²) in [6, 6.07) is 8.11. The fourth-order valence-electron chi connectivity index (χ4n) is 2.16. The van der Waals surface area contributed by atoms with Gasteiger partial charge in [-0.3, -0.25) is 4.79 Å². The van der Waals surface area contributed by atoms with Gasteiger partial charge in [-0.2, -0.15) is 0 Å². The van der Waals surface area contributed by atoms with Crippen LogP contribution in [0.3, 0.4) is 0 Å². The SMILES string of the molecule is C=CCSCC(=O)Nc1ccc(N2CCCC2)cc1. The molecule has 1 fully saturated rings. The van der Waals surface area contributed by atoms with E-state index in [0.29, 0.717) is 5.75 Å². The fourth-order valence-corrected chi connectivity index (χ4v) is 2.71. The van der Waals surface area contributed by atoms with Gasteiger partial charge in [-0.1, -0.05) is 6.08 Å². The smallest absolute Gasteiger partial charge is 0.234 e. The van der Waals surface area contributed by atoms with Crippen LogP contribution >= 0.6 is 11.8 Å². The summed E-state index contributed by atoms with van der Waals surface area (Å²) < 4.78 is 0. The van der Waals surface area contributed by atoms with E-state index in [4.69, 9.17) is 0 Å². The maximum Gasteiger partial charge on any atom is 0.234 e. The van der Waals surface area contributed by atoms with Gasteiger partial charge in [0.05, 0.1) is 5.75 Å². The molecule has 0 atom stereocenters. The Morgan fingerprint density at radius 1 is 1.32 bits per heavy atom. The number of thioether (sulfide) groups is 1. The normalized spacial score (nSPS) is 14.4. The molecular formula is C15H20N2OS. The topological polar surface area (TPSA) is 32.3 Å². The summed E-state index contributed by atoms with van der Waals surface area (Å²) in [7, 11) is 0. The standard InChI is InChI=1S/C15H20N2OS/c1-2-11-19-12-15(18)16-13-5-7-14(8-6-13)17-9-3-4-10-17/h2,5-8H,1,3-4,9-12H2,(H,16,18). The average Bonchev–Trinajstić information content (AvgIpc) is 2.94. The summed E-state index contributed by atoms with van der Waals surface area (Å²) in [5, 5.41) is 2.91. The van der Waals surface area contributed by atoms with Gasteiger partial charge in [-0.05, 0) is 37.1 Å². The summed E-state index contributed by atoms with van der Waals surface area (Å²) in [4.78, 5) is 14.0. The quantitative estimate of drug-likeness (QED) is 0.640. The Hall–Kier alpha value is -1.42. The van der Waals surface area contributed by atoms with Gasteiger partial charge >= 0.3 is 0 Å². The van der Waals surface area contributed by atoms with Gasteiger partial charge in [-0.15, -0.1) is 18.3 Å². The van der Waals surface area contributed by atoms with E-state index in [1.54, 1.807) is 11.8 Å². The third kappa shape index (κ3) is 4.31. The van der Waals surface area contributed by atoms with Gasteiger partial charge in [0.25, 0.3) is 0 Å². The first-order chi connectivity index (χ1) is 9.29. The van der Waals surface area contributed by atoms with Crippen molar-refractivity contribution >= 4 is 29.0 Å². The zero-order valence-corrected chi connectivity index (χ0v) is 11.9. The Morgan fingerprint density at radius 3 is 2.63 bits per heavy atom. The Labute approximate surface area is 119 Å². The van der Waals surface area contributed by atoms with Gasteiger partial charge in [0.2, 0.25) is 5.91 Å². The summed E-state index contributed by atoms with van der Waals surface area (Å²) >= 11 is 1.57. The second-order valence-electron chi connectivity index (χ2n) is 4.59. The molecule has 3 nitrogen and oxygen atoms in total. The molecule has 19 heavy (non-hydrogen) atoms. The second kappa shape index (κ2) is 7.24. The number of rotatable bonds is 6. The number of hydrogen-bond donors (Lipinski definition) is 1. The molecule has 0 unspecified atom stereocenters. The van der Waals surface area contributed by atoms with Crippen molar-refractivity contribution in [3.8, 4) is 0 Å². The molecule has 1 aliphatic rings. The molecule has 1 saturated heterocycles. The minimum absolute atomic E-state index is 0.0424. The lowest BCUT2D eigenvalue weighted by atomic mass is 10.2. The van der Waals surface area contributed by atoms with Crippen LogP contribution in [0.25, 0.3) is 0 Å². The number of nitrogens with zero attached hydrogens (tertiary/aromatic N) is 1. The van der Waals surface area contributed by atoms with Crippen LogP contribution < -0.4 is 10.2 Å². The highest BCUT2D eigenvalue weighted by Crippen LogP contribution is 2.22. The van der Waals surface area contributed by atoms with E-state index in [2.05, 4.69) is 28.9 Å². The van der Waals surface area contributed by atoms with E-state index < -0.39 is 0 Å². The molecule has 2 rings (SSSR count). The van der Waals surface area contributed by atoms with Crippen LogP contribution in [-0.2, 0) is 4.79 Å². The molecule has 4 heteroatoms. The highest BCUT2D eigenvalue weighted by Gasteiger charge is 2.11. The molecule has 1 amide bonds. The maximum atomic E-state index is 11.7. The minimum atomic E-state index is 0.0424. The van der Waals surface area contributed by atoms with E-state index >= 15 is 0 Å². The lowest BCUT2D eigenvalue weighted by Gasteiger charge is -2.17. The molecule has 1 heterocycles. The summed E-state index contributed by atoms with van der Waals surface area (Å²) in [6.45, 7) is 5.92. The van der Waals surface area contributed by atoms with Crippen LogP contribution in [0.5, 0.6) is 0 Å². The lowest BCUT2D eigenvalue weighted by molar-refractivity contribution is -0.113. The van der Waals surface area contributed by atoms with Crippen LogP contribution in [0, 0.1) is 0 Å². The number of carbonyl (C=O) groups excluding carboxylic acids is 1. The predicted molar refractivity (Wildman–Crippen MR) is 84.0 cm³/mol. The molecule has 0 saturated carbocycles. The average molecular weight is 276 g/mol. The first-order valence-electron chi connectivity index (χ1n) is 6.63. The summed E-state index contributed by atoms with van der Waals surface area (Å²) in [5.74, 6) is 1.32. The summed E-state index contributed by atoms with van der Waals surface area (Å²) in [6.07, 6.45) is 4.36. The summed E-state index contributed by atoms with van der Waals surface area (Å²) in [5.41, 5.74) is 2.11. The van der Waals surface area contributed by atoms with Crippen molar-refractivity contribution in [3.05, 3.63) is 36.9 Å². The van der Waals surface area contributed by atoms with Crippen LogP contribution in [0.4, 0.5) is 11.4 Å². The minimum Gasteiger partial charge on any atom is -0.372 e. The van der Waals surface area contributed by atoms with Crippen LogP contribution in [-0.4, -0.2) is 30.5 Å². The number of amides is 1. The van der Waals surface area contributed by atoms with Crippen LogP contribution in [0.2, 0.25) is 0 Å². The number of anilines is 2. The molecule has 0 aliphatic carbocycles. The Kier molecular flexibility index (Phi) is 5.33. The molecule has 0 spiro atoms. The van der Waals surface area contributed by atoms with E-state index in [1.807, 2.05) is 18.2 Å². The van der Waals surface area contributed by atoms with Crippen LogP contribution in [0.1, 0.15) is 12.8 Å². The zero-order valence-electron chi connectivity index (χ0n) is 11.1.